The molecule has 0 spiro atoms. The molecule has 0 aliphatic rings. The fourth-order valence-electron chi connectivity index (χ4n) is 3.33. The molecule has 0 amide bonds. The summed E-state index contributed by atoms with van der Waals surface area (Å²) in [5.74, 6) is 1.72. The van der Waals surface area contributed by atoms with Gasteiger partial charge in [-0.15, -0.1) is 10.2 Å². The van der Waals surface area contributed by atoms with Gasteiger partial charge in [0.05, 0.1) is 6.42 Å². The number of aromatic nitrogens is 4. The first-order valence-corrected chi connectivity index (χ1v) is 9.12. The lowest BCUT2D eigenvalue weighted by Crippen LogP contribution is -1.97. The van der Waals surface area contributed by atoms with Gasteiger partial charge in [-0.25, -0.2) is 4.98 Å². The fraction of sp³-hybridized carbons (Fsp3) is 0.136. The molecular weight excluding hydrogens is 352 g/mol. The third-order valence-electron chi connectivity index (χ3n) is 4.70. The molecule has 3 heterocycles. The Kier molecular flexibility index (Phi) is 4.01. The second-order valence-electron chi connectivity index (χ2n) is 6.69. The molecule has 0 atom stereocenters. The topological polar surface area (TPSA) is 76.8 Å². The summed E-state index contributed by atoms with van der Waals surface area (Å²) >= 11 is 0. The third-order valence-corrected chi connectivity index (χ3v) is 4.70. The summed E-state index contributed by atoms with van der Waals surface area (Å²) in [6.07, 6.45) is 2.56. The zero-order chi connectivity index (χ0) is 18.9. The van der Waals surface area contributed by atoms with Crippen LogP contribution in [0.4, 0.5) is 0 Å². The number of nitrogens with zero attached hydrogens (tertiary/aromatic N) is 3. The highest BCUT2D eigenvalue weighted by Gasteiger charge is 2.12. The molecule has 1 N–H and O–H groups in total. The van der Waals surface area contributed by atoms with E-state index >= 15 is 0 Å². The Morgan fingerprint density at radius 1 is 0.964 bits per heavy atom. The highest BCUT2D eigenvalue weighted by Crippen LogP contribution is 2.25. The minimum absolute atomic E-state index is 0.204. The number of aromatic amines is 1. The fourth-order valence-corrected chi connectivity index (χ4v) is 3.33. The van der Waals surface area contributed by atoms with Gasteiger partial charge in [-0.3, -0.25) is 0 Å². The van der Waals surface area contributed by atoms with Gasteiger partial charge in [0.2, 0.25) is 5.89 Å². The van der Waals surface area contributed by atoms with Gasteiger partial charge in [-0.2, -0.15) is 0 Å². The van der Waals surface area contributed by atoms with Crippen molar-refractivity contribution >= 4 is 21.8 Å². The van der Waals surface area contributed by atoms with E-state index in [9.17, 15) is 0 Å². The van der Waals surface area contributed by atoms with Crippen LogP contribution in [0.3, 0.4) is 0 Å². The van der Waals surface area contributed by atoms with Gasteiger partial charge in [0.15, 0.2) is 6.61 Å². The number of nitrogens with one attached hydrogen (secondary N) is 1. The minimum Gasteiger partial charge on any atom is -0.482 e. The van der Waals surface area contributed by atoms with Crippen LogP contribution in [0.1, 0.15) is 23.0 Å². The number of fused-ring (bicyclic) bond motifs is 2. The van der Waals surface area contributed by atoms with Crippen molar-refractivity contribution in [3.63, 3.8) is 0 Å². The lowest BCUT2D eigenvalue weighted by Gasteiger charge is -2.07. The van der Waals surface area contributed by atoms with Crippen molar-refractivity contribution in [3.8, 4) is 5.75 Å². The number of ether oxygens (including phenoxy) is 1. The first-order valence-electron chi connectivity index (χ1n) is 9.12. The highest BCUT2D eigenvalue weighted by molar-refractivity contribution is 5.84. The van der Waals surface area contributed by atoms with Crippen LogP contribution in [-0.2, 0) is 13.0 Å². The smallest absolute Gasteiger partial charge is 0.253 e. The largest absolute Gasteiger partial charge is 0.482 e. The molecule has 0 aliphatic carbocycles. The summed E-state index contributed by atoms with van der Waals surface area (Å²) in [5.41, 5.74) is 4.00. The van der Waals surface area contributed by atoms with Gasteiger partial charge < -0.3 is 14.1 Å². The maximum absolute atomic E-state index is 5.91. The van der Waals surface area contributed by atoms with Gasteiger partial charge in [0.1, 0.15) is 11.3 Å². The molecule has 6 nitrogen and oxygen atoms in total. The van der Waals surface area contributed by atoms with Crippen LogP contribution in [-0.4, -0.2) is 20.2 Å². The molecule has 5 rings (SSSR count). The van der Waals surface area contributed by atoms with Crippen LogP contribution in [0.15, 0.2) is 65.2 Å². The van der Waals surface area contributed by atoms with Crippen molar-refractivity contribution in [1.29, 1.82) is 0 Å². The second-order valence-corrected chi connectivity index (χ2v) is 6.69. The van der Waals surface area contributed by atoms with E-state index in [0.717, 1.165) is 33.1 Å². The Labute approximate surface area is 161 Å². The van der Waals surface area contributed by atoms with Crippen molar-refractivity contribution < 1.29 is 9.15 Å². The van der Waals surface area contributed by atoms with E-state index in [2.05, 4.69) is 26.2 Å². The van der Waals surface area contributed by atoms with Crippen LogP contribution in [0.5, 0.6) is 5.75 Å². The number of hydrogen-bond donors (Lipinski definition) is 1. The Balaban J connectivity index is 1.33. The summed E-state index contributed by atoms with van der Waals surface area (Å²) in [5, 5.41) is 10.5. The van der Waals surface area contributed by atoms with Gasteiger partial charge in [0.25, 0.3) is 5.89 Å². The lowest BCUT2D eigenvalue weighted by atomic mass is 10.1. The van der Waals surface area contributed by atoms with Crippen molar-refractivity contribution in [2.45, 2.75) is 20.0 Å². The molecule has 5 aromatic rings. The Hall–Kier alpha value is -3.67. The molecule has 2 aromatic carbocycles. The zero-order valence-electron chi connectivity index (χ0n) is 15.3. The number of aryl methyl sites for hydroxylation is 1. The maximum Gasteiger partial charge on any atom is 0.253 e. The summed E-state index contributed by atoms with van der Waals surface area (Å²) in [7, 11) is 0. The lowest BCUT2D eigenvalue weighted by molar-refractivity contribution is 0.262. The van der Waals surface area contributed by atoms with Crippen molar-refractivity contribution in [3.05, 3.63) is 83.8 Å². The molecule has 0 bridgehead atoms. The minimum atomic E-state index is 0.204. The number of H-pyrrole nitrogens is 1. The molecule has 0 fully saturated rings. The highest BCUT2D eigenvalue weighted by atomic mass is 16.5. The molecular formula is C22H18N4O2. The molecule has 0 unspecified atom stereocenters. The summed E-state index contributed by atoms with van der Waals surface area (Å²) in [6, 6.07) is 18.0. The van der Waals surface area contributed by atoms with Crippen LogP contribution in [0.25, 0.3) is 21.8 Å². The molecule has 138 valence electrons. The predicted octanol–water partition coefficient (Wildman–Crippen LogP) is 4.58. The molecule has 0 saturated heterocycles. The van der Waals surface area contributed by atoms with E-state index in [1.165, 1.54) is 0 Å². The average molecular weight is 370 g/mol. The van der Waals surface area contributed by atoms with Crippen LogP contribution < -0.4 is 4.74 Å². The summed E-state index contributed by atoms with van der Waals surface area (Å²) in [6.45, 7) is 2.17. The number of para-hydroxylation sites is 2. The predicted molar refractivity (Wildman–Crippen MR) is 106 cm³/mol. The van der Waals surface area contributed by atoms with Crippen molar-refractivity contribution in [1.82, 2.24) is 20.2 Å². The normalized spacial score (nSPS) is 11.3. The Morgan fingerprint density at radius 2 is 1.86 bits per heavy atom. The monoisotopic (exact) mass is 370 g/mol. The van der Waals surface area contributed by atoms with Crippen LogP contribution in [0.2, 0.25) is 0 Å². The standard InChI is InChI=1S/C22H18N4O2/c1-14-9-10-15-5-4-8-19(22(15)24-14)27-13-21-26-25-20(28-21)11-16-12-23-18-7-3-2-6-17(16)18/h2-10,12,23H,11,13H2,1H3. The Bertz CT molecular complexity index is 1270. The van der Waals surface area contributed by atoms with Gasteiger partial charge >= 0.3 is 0 Å². The molecule has 0 aliphatic heterocycles. The SMILES string of the molecule is Cc1ccc2cccc(OCc3nnc(Cc4c[nH]c5ccccc45)o3)c2n1. The molecule has 28 heavy (non-hydrogen) atoms. The molecule has 0 radical (unpaired) electrons. The summed E-state index contributed by atoms with van der Waals surface area (Å²) in [4.78, 5) is 7.84. The zero-order valence-corrected chi connectivity index (χ0v) is 15.3. The van der Waals surface area contributed by atoms with Gasteiger partial charge in [0, 0.05) is 28.2 Å². The number of benzene rings is 2. The second kappa shape index (κ2) is 6.81. The molecule has 6 heteroatoms. The van der Waals surface area contributed by atoms with Crippen LogP contribution in [0, 0.1) is 6.92 Å². The maximum atomic E-state index is 5.91. The number of rotatable bonds is 5. The number of hydrogen-bond acceptors (Lipinski definition) is 5. The van der Waals surface area contributed by atoms with Gasteiger partial charge in [-0.05, 0) is 30.7 Å². The number of pyridine rings is 1. The quantitative estimate of drug-likeness (QED) is 0.490. The van der Waals surface area contributed by atoms with E-state index in [0.29, 0.717) is 24.0 Å². The average Bonchev–Trinajstić information content (AvgIpc) is 3.34. The van der Waals surface area contributed by atoms with E-state index < -0.39 is 0 Å². The van der Waals surface area contributed by atoms with E-state index in [1.54, 1.807) is 0 Å². The van der Waals surface area contributed by atoms with Crippen molar-refractivity contribution in [2.24, 2.45) is 0 Å². The third kappa shape index (κ3) is 3.09. The van der Waals surface area contributed by atoms with Crippen LogP contribution >= 0.6 is 0 Å². The molecule has 3 aromatic heterocycles. The summed E-state index contributed by atoms with van der Waals surface area (Å²) < 4.78 is 11.7. The molecule has 0 saturated carbocycles. The van der Waals surface area contributed by atoms with E-state index in [4.69, 9.17) is 9.15 Å². The van der Waals surface area contributed by atoms with Crippen molar-refractivity contribution in [2.75, 3.05) is 0 Å². The van der Waals surface area contributed by atoms with E-state index in [1.807, 2.05) is 61.7 Å². The first-order chi connectivity index (χ1) is 13.8. The Morgan fingerprint density at radius 3 is 2.82 bits per heavy atom. The van der Waals surface area contributed by atoms with Gasteiger partial charge in [-0.1, -0.05) is 36.4 Å². The first kappa shape index (κ1) is 16.5. The van der Waals surface area contributed by atoms with E-state index in [-0.39, 0.29) is 6.61 Å².